The Balaban J connectivity index is 1.78. The molecule has 2 aromatic rings. The van der Waals surface area contributed by atoms with Crippen molar-refractivity contribution in [2.45, 2.75) is 45.6 Å². The van der Waals surface area contributed by atoms with Crippen LogP contribution >= 0.6 is 0 Å². The fourth-order valence-electron chi connectivity index (χ4n) is 3.48. The third-order valence-electron chi connectivity index (χ3n) is 4.65. The molecule has 1 fully saturated rings. The predicted octanol–water partition coefficient (Wildman–Crippen LogP) is 3.81. The smallest absolute Gasteiger partial charge is 0.178 e. The Hall–Kier alpha value is -1.87. The maximum atomic E-state index is 12.5. The van der Waals surface area contributed by atoms with Crippen LogP contribution < -0.4 is 5.32 Å². The molecule has 1 heterocycles. The lowest BCUT2D eigenvalue weighted by Crippen LogP contribution is -2.31. The molecular weight excluding hydrogens is 272 g/mol. The van der Waals surface area contributed by atoms with Crippen molar-refractivity contribution >= 4 is 5.78 Å². The van der Waals surface area contributed by atoms with Gasteiger partial charge in [0.25, 0.3) is 0 Å². The normalized spacial score (nSPS) is 15.4. The molecular formula is C19H24N2O. The number of Topliss-reactive ketones (excluding diaryl/α,β-unsaturated/α-hetero) is 1. The number of hydrogen-bond donors (Lipinski definition) is 1. The predicted molar refractivity (Wildman–Crippen MR) is 89.8 cm³/mol. The van der Waals surface area contributed by atoms with Crippen molar-refractivity contribution in [2.75, 3.05) is 6.54 Å². The summed E-state index contributed by atoms with van der Waals surface area (Å²) in [5.41, 5.74) is 4.09. The Morgan fingerprint density at radius 3 is 2.55 bits per heavy atom. The highest BCUT2D eigenvalue weighted by Gasteiger charge is 2.19. The minimum Gasteiger partial charge on any atom is -0.318 e. The molecule has 0 bridgehead atoms. The van der Waals surface area contributed by atoms with E-state index in [0.29, 0.717) is 12.6 Å². The number of hydrogen-bond acceptors (Lipinski definition) is 2. The van der Waals surface area contributed by atoms with Gasteiger partial charge in [0.15, 0.2) is 5.78 Å². The van der Waals surface area contributed by atoms with Crippen molar-refractivity contribution in [2.24, 2.45) is 0 Å². The van der Waals surface area contributed by atoms with Gasteiger partial charge in [-0.25, -0.2) is 0 Å². The monoisotopic (exact) mass is 296 g/mol. The maximum absolute atomic E-state index is 12.5. The van der Waals surface area contributed by atoms with Crippen LogP contribution in [0.4, 0.5) is 0 Å². The van der Waals surface area contributed by atoms with E-state index >= 15 is 0 Å². The van der Waals surface area contributed by atoms with Crippen LogP contribution in [0.5, 0.6) is 0 Å². The number of aromatic nitrogens is 1. The zero-order chi connectivity index (χ0) is 15.5. The van der Waals surface area contributed by atoms with Crippen LogP contribution in [-0.2, 0) is 0 Å². The van der Waals surface area contributed by atoms with E-state index in [1.165, 1.54) is 25.7 Å². The number of aryl methyl sites for hydroxylation is 1. The molecule has 0 radical (unpaired) electrons. The molecule has 22 heavy (non-hydrogen) atoms. The first-order valence-corrected chi connectivity index (χ1v) is 8.18. The van der Waals surface area contributed by atoms with E-state index in [1.807, 2.05) is 31.2 Å². The molecule has 1 aromatic heterocycles. The first-order valence-electron chi connectivity index (χ1n) is 8.18. The Morgan fingerprint density at radius 1 is 1.18 bits per heavy atom. The summed E-state index contributed by atoms with van der Waals surface area (Å²) in [4.78, 5) is 12.5. The zero-order valence-electron chi connectivity index (χ0n) is 13.4. The van der Waals surface area contributed by atoms with Gasteiger partial charge in [-0.3, -0.25) is 4.79 Å². The Bertz CT molecular complexity index is 652. The minimum atomic E-state index is 0.196. The summed E-state index contributed by atoms with van der Waals surface area (Å²) in [5, 5.41) is 3.42. The number of nitrogens with zero attached hydrogens (tertiary/aromatic N) is 1. The zero-order valence-corrected chi connectivity index (χ0v) is 13.4. The largest absolute Gasteiger partial charge is 0.318 e. The fraction of sp³-hybridized carbons (Fsp3) is 0.421. The van der Waals surface area contributed by atoms with Gasteiger partial charge in [0.05, 0.1) is 6.54 Å². The molecule has 1 aliphatic rings. The second-order valence-corrected chi connectivity index (χ2v) is 6.24. The van der Waals surface area contributed by atoms with Crippen LogP contribution in [0, 0.1) is 13.8 Å². The quantitative estimate of drug-likeness (QED) is 0.851. The van der Waals surface area contributed by atoms with Gasteiger partial charge in [-0.15, -0.1) is 0 Å². The number of rotatable bonds is 5. The van der Waals surface area contributed by atoms with Crippen LogP contribution in [0.15, 0.2) is 36.4 Å². The Kier molecular flexibility index (Phi) is 4.44. The summed E-state index contributed by atoms with van der Waals surface area (Å²) in [6.07, 6.45) is 4.98. The van der Waals surface area contributed by atoms with Gasteiger partial charge in [-0.05, 0) is 44.9 Å². The third kappa shape index (κ3) is 3.00. The topological polar surface area (TPSA) is 34.0 Å². The van der Waals surface area contributed by atoms with E-state index in [4.69, 9.17) is 0 Å². The second kappa shape index (κ2) is 6.49. The highest BCUT2D eigenvalue weighted by atomic mass is 16.1. The lowest BCUT2D eigenvalue weighted by molar-refractivity contribution is 0.0987. The van der Waals surface area contributed by atoms with Gasteiger partial charge in [0, 0.05) is 28.7 Å². The van der Waals surface area contributed by atoms with Crippen LogP contribution in [0.2, 0.25) is 0 Å². The molecule has 3 heteroatoms. The van der Waals surface area contributed by atoms with E-state index < -0.39 is 0 Å². The average molecular weight is 296 g/mol. The van der Waals surface area contributed by atoms with Gasteiger partial charge >= 0.3 is 0 Å². The minimum absolute atomic E-state index is 0.196. The molecule has 0 amide bonds. The molecule has 1 saturated carbocycles. The molecule has 0 atom stereocenters. The van der Waals surface area contributed by atoms with Crippen molar-refractivity contribution in [1.82, 2.24) is 9.88 Å². The molecule has 3 rings (SSSR count). The van der Waals surface area contributed by atoms with Gasteiger partial charge in [0.1, 0.15) is 0 Å². The summed E-state index contributed by atoms with van der Waals surface area (Å²) < 4.78 is 2.16. The number of nitrogens with one attached hydrogen (secondary N) is 1. The molecule has 0 aliphatic heterocycles. The van der Waals surface area contributed by atoms with E-state index in [-0.39, 0.29) is 5.78 Å². The highest BCUT2D eigenvalue weighted by Crippen LogP contribution is 2.21. The summed E-state index contributed by atoms with van der Waals surface area (Å²) >= 11 is 0. The highest BCUT2D eigenvalue weighted by molar-refractivity contribution is 5.99. The second-order valence-electron chi connectivity index (χ2n) is 6.24. The van der Waals surface area contributed by atoms with Gasteiger partial charge in [0.2, 0.25) is 0 Å². The van der Waals surface area contributed by atoms with E-state index in [2.05, 4.69) is 28.9 Å². The van der Waals surface area contributed by atoms with Crippen molar-refractivity contribution in [3.8, 4) is 5.69 Å². The van der Waals surface area contributed by atoms with Crippen LogP contribution in [0.25, 0.3) is 5.69 Å². The molecule has 0 spiro atoms. The lowest BCUT2D eigenvalue weighted by Gasteiger charge is -2.12. The molecule has 1 aliphatic carbocycles. The van der Waals surface area contributed by atoms with Crippen molar-refractivity contribution in [1.29, 1.82) is 0 Å². The van der Waals surface area contributed by atoms with Crippen molar-refractivity contribution < 1.29 is 4.79 Å². The summed E-state index contributed by atoms with van der Waals surface area (Å²) in [6, 6.07) is 12.8. The fourth-order valence-corrected chi connectivity index (χ4v) is 3.48. The number of ketones is 1. The molecule has 0 unspecified atom stereocenters. The lowest BCUT2D eigenvalue weighted by atomic mass is 10.1. The van der Waals surface area contributed by atoms with Gasteiger partial charge in [-0.1, -0.05) is 31.0 Å². The summed E-state index contributed by atoms with van der Waals surface area (Å²) in [7, 11) is 0. The maximum Gasteiger partial charge on any atom is 0.178 e. The molecule has 1 N–H and O–H groups in total. The van der Waals surface area contributed by atoms with Crippen LogP contribution in [0.1, 0.15) is 47.4 Å². The standard InChI is InChI=1S/C19H24N2O/c1-14-12-18(19(22)13-20-16-8-6-7-9-16)15(2)21(14)17-10-4-3-5-11-17/h3-5,10-12,16,20H,6-9,13H2,1-2H3. The van der Waals surface area contributed by atoms with Crippen LogP contribution in [0.3, 0.4) is 0 Å². The summed E-state index contributed by atoms with van der Waals surface area (Å²) in [6.45, 7) is 4.54. The molecule has 116 valence electrons. The number of para-hydroxylation sites is 1. The third-order valence-corrected chi connectivity index (χ3v) is 4.65. The number of carbonyl (C=O) groups is 1. The molecule has 1 aromatic carbocycles. The van der Waals surface area contributed by atoms with Crippen molar-refractivity contribution in [3.05, 3.63) is 53.3 Å². The number of carbonyl (C=O) groups excluding carboxylic acids is 1. The van der Waals surface area contributed by atoms with Gasteiger partial charge in [-0.2, -0.15) is 0 Å². The SMILES string of the molecule is Cc1cc(C(=O)CNC2CCCC2)c(C)n1-c1ccccc1. The Morgan fingerprint density at radius 2 is 1.86 bits per heavy atom. The average Bonchev–Trinajstić information content (AvgIpc) is 3.14. The summed E-state index contributed by atoms with van der Waals surface area (Å²) in [5.74, 6) is 0.196. The van der Waals surface area contributed by atoms with Crippen LogP contribution in [-0.4, -0.2) is 22.9 Å². The first kappa shape index (κ1) is 15.0. The van der Waals surface area contributed by atoms with E-state index in [9.17, 15) is 4.79 Å². The molecule has 3 nitrogen and oxygen atoms in total. The Labute approximate surface area is 132 Å². The van der Waals surface area contributed by atoms with E-state index in [1.54, 1.807) is 0 Å². The number of benzene rings is 1. The van der Waals surface area contributed by atoms with E-state index in [0.717, 1.165) is 22.6 Å². The first-order chi connectivity index (χ1) is 10.7. The van der Waals surface area contributed by atoms with Gasteiger partial charge < -0.3 is 9.88 Å². The molecule has 0 saturated heterocycles. The van der Waals surface area contributed by atoms with Crippen molar-refractivity contribution in [3.63, 3.8) is 0 Å².